The van der Waals surface area contributed by atoms with Crippen molar-refractivity contribution in [2.45, 2.75) is 58.4 Å². The minimum absolute atomic E-state index is 0.273. The highest BCUT2D eigenvalue weighted by Crippen LogP contribution is 2.34. The van der Waals surface area contributed by atoms with Crippen molar-refractivity contribution in [2.24, 2.45) is 0 Å². The molecule has 0 aromatic heterocycles. The summed E-state index contributed by atoms with van der Waals surface area (Å²) in [6.45, 7) is 8.59. The average molecular weight is 233 g/mol. The molecular formula is C15H23NO. The van der Waals surface area contributed by atoms with Gasteiger partial charge in [-0.05, 0) is 25.0 Å². The lowest BCUT2D eigenvalue weighted by Crippen LogP contribution is -2.36. The summed E-state index contributed by atoms with van der Waals surface area (Å²) in [5.41, 5.74) is 2.84. The van der Waals surface area contributed by atoms with E-state index in [4.69, 9.17) is 4.74 Å². The molecule has 2 rings (SSSR count). The highest BCUT2D eigenvalue weighted by molar-refractivity contribution is 5.36. The molecule has 2 heteroatoms. The number of nitrogens with one attached hydrogen (secondary N) is 1. The number of hydrogen-bond acceptors (Lipinski definition) is 2. The van der Waals surface area contributed by atoms with Crippen molar-refractivity contribution in [3.63, 3.8) is 0 Å². The van der Waals surface area contributed by atoms with Crippen LogP contribution in [-0.2, 0) is 11.2 Å². The molecule has 1 aliphatic rings. The van der Waals surface area contributed by atoms with Gasteiger partial charge < -0.3 is 10.1 Å². The fourth-order valence-corrected chi connectivity index (χ4v) is 2.59. The molecular weight excluding hydrogens is 210 g/mol. The van der Waals surface area contributed by atoms with Crippen LogP contribution in [0.3, 0.4) is 0 Å². The molecule has 17 heavy (non-hydrogen) atoms. The van der Waals surface area contributed by atoms with Gasteiger partial charge in [-0.2, -0.15) is 0 Å². The molecule has 0 bridgehead atoms. The van der Waals surface area contributed by atoms with Crippen LogP contribution >= 0.6 is 0 Å². The number of rotatable bonds is 4. The Morgan fingerprint density at radius 2 is 1.88 bits per heavy atom. The SMILES string of the molecule is CC(C)N[C@H]1c2ccccc2C[C@H]1OC(C)C. The summed E-state index contributed by atoms with van der Waals surface area (Å²) in [6, 6.07) is 9.49. The summed E-state index contributed by atoms with van der Waals surface area (Å²) in [5, 5.41) is 3.63. The van der Waals surface area contributed by atoms with E-state index in [1.54, 1.807) is 0 Å². The first kappa shape index (κ1) is 12.6. The van der Waals surface area contributed by atoms with Crippen LogP contribution in [0.25, 0.3) is 0 Å². The number of ether oxygens (including phenoxy) is 1. The molecule has 0 spiro atoms. The van der Waals surface area contributed by atoms with Crippen molar-refractivity contribution in [1.82, 2.24) is 5.32 Å². The van der Waals surface area contributed by atoms with Crippen molar-refractivity contribution in [3.05, 3.63) is 35.4 Å². The minimum Gasteiger partial charge on any atom is -0.373 e. The molecule has 0 unspecified atom stereocenters. The van der Waals surface area contributed by atoms with Crippen LogP contribution in [0.4, 0.5) is 0 Å². The maximum absolute atomic E-state index is 6.04. The van der Waals surface area contributed by atoms with Gasteiger partial charge in [0.15, 0.2) is 0 Å². The average Bonchev–Trinajstić information content (AvgIpc) is 2.55. The van der Waals surface area contributed by atoms with Crippen molar-refractivity contribution >= 4 is 0 Å². The van der Waals surface area contributed by atoms with E-state index in [0.29, 0.717) is 12.1 Å². The van der Waals surface area contributed by atoms with E-state index in [9.17, 15) is 0 Å². The van der Waals surface area contributed by atoms with E-state index in [2.05, 4.69) is 57.3 Å². The molecule has 1 N–H and O–H groups in total. The summed E-state index contributed by atoms with van der Waals surface area (Å²) in [7, 11) is 0. The standard InChI is InChI=1S/C15H23NO/c1-10(2)16-15-13-8-6-5-7-12(13)9-14(15)17-11(3)4/h5-8,10-11,14-16H,9H2,1-4H3/t14-,15+/m1/s1. The smallest absolute Gasteiger partial charge is 0.0813 e. The Bertz CT molecular complexity index is 373. The molecule has 0 saturated heterocycles. The molecule has 0 fully saturated rings. The molecule has 0 amide bonds. The quantitative estimate of drug-likeness (QED) is 0.863. The van der Waals surface area contributed by atoms with Crippen LogP contribution < -0.4 is 5.32 Å². The third-order valence-corrected chi connectivity index (χ3v) is 3.14. The topological polar surface area (TPSA) is 21.3 Å². The first-order valence-electron chi connectivity index (χ1n) is 6.57. The molecule has 0 aliphatic heterocycles. The van der Waals surface area contributed by atoms with E-state index in [1.165, 1.54) is 11.1 Å². The fraction of sp³-hybridized carbons (Fsp3) is 0.600. The van der Waals surface area contributed by atoms with E-state index in [0.717, 1.165) is 6.42 Å². The molecule has 1 aromatic carbocycles. The molecule has 1 aromatic rings. The monoisotopic (exact) mass is 233 g/mol. The van der Waals surface area contributed by atoms with Crippen LogP contribution in [0.1, 0.15) is 44.9 Å². The molecule has 0 heterocycles. The molecule has 0 radical (unpaired) electrons. The predicted octanol–water partition coefficient (Wildman–Crippen LogP) is 3.08. The van der Waals surface area contributed by atoms with Crippen molar-refractivity contribution < 1.29 is 4.74 Å². The minimum atomic E-state index is 0.273. The second-order valence-electron chi connectivity index (χ2n) is 5.43. The van der Waals surface area contributed by atoms with Gasteiger partial charge in [-0.1, -0.05) is 38.1 Å². The van der Waals surface area contributed by atoms with Gasteiger partial charge in [0.1, 0.15) is 0 Å². The Balaban J connectivity index is 2.20. The largest absolute Gasteiger partial charge is 0.373 e. The predicted molar refractivity (Wildman–Crippen MR) is 71.2 cm³/mol. The number of fused-ring (bicyclic) bond motifs is 1. The highest BCUT2D eigenvalue weighted by atomic mass is 16.5. The Labute approximate surface area is 104 Å². The fourth-order valence-electron chi connectivity index (χ4n) is 2.59. The highest BCUT2D eigenvalue weighted by Gasteiger charge is 2.33. The van der Waals surface area contributed by atoms with Crippen LogP contribution in [0.5, 0.6) is 0 Å². The second kappa shape index (κ2) is 5.19. The molecule has 0 saturated carbocycles. The summed E-state index contributed by atoms with van der Waals surface area (Å²) in [5.74, 6) is 0. The van der Waals surface area contributed by atoms with Gasteiger partial charge in [0.2, 0.25) is 0 Å². The maximum atomic E-state index is 6.04. The zero-order chi connectivity index (χ0) is 12.4. The third-order valence-electron chi connectivity index (χ3n) is 3.14. The lowest BCUT2D eigenvalue weighted by atomic mass is 10.1. The van der Waals surface area contributed by atoms with Crippen LogP contribution in [0, 0.1) is 0 Å². The van der Waals surface area contributed by atoms with E-state index in [1.807, 2.05) is 0 Å². The Morgan fingerprint density at radius 3 is 2.53 bits per heavy atom. The van der Waals surface area contributed by atoms with Gasteiger partial charge in [-0.15, -0.1) is 0 Å². The molecule has 1 aliphatic carbocycles. The van der Waals surface area contributed by atoms with E-state index in [-0.39, 0.29) is 12.2 Å². The van der Waals surface area contributed by atoms with Crippen molar-refractivity contribution in [2.75, 3.05) is 0 Å². The lowest BCUT2D eigenvalue weighted by Gasteiger charge is -2.26. The number of hydrogen-bond donors (Lipinski definition) is 1. The van der Waals surface area contributed by atoms with Crippen LogP contribution in [0.15, 0.2) is 24.3 Å². The zero-order valence-electron chi connectivity index (χ0n) is 11.2. The Hall–Kier alpha value is -0.860. The molecule has 2 nitrogen and oxygen atoms in total. The van der Waals surface area contributed by atoms with Gasteiger partial charge >= 0.3 is 0 Å². The summed E-state index contributed by atoms with van der Waals surface area (Å²) in [6.07, 6.45) is 1.58. The third kappa shape index (κ3) is 2.88. The van der Waals surface area contributed by atoms with E-state index < -0.39 is 0 Å². The van der Waals surface area contributed by atoms with Crippen molar-refractivity contribution in [3.8, 4) is 0 Å². The van der Waals surface area contributed by atoms with E-state index >= 15 is 0 Å². The van der Waals surface area contributed by atoms with Gasteiger partial charge in [0.25, 0.3) is 0 Å². The summed E-state index contributed by atoms with van der Waals surface area (Å²) in [4.78, 5) is 0. The first-order chi connectivity index (χ1) is 8.08. The summed E-state index contributed by atoms with van der Waals surface area (Å²) >= 11 is 0. The Kier molecular flexibility index (Phi) is 3.85. The van der Waals surface area contributed by atoms with Gasteiger partial charge in [-0.3, -0.25) is 0 Å². The van der Waals surface area contributed by atoms with Crippen LogP contribution in [0.2, 0.25) is 0 Å². The van der Waals surface area contributed by atoms with Gasteiger partial charge in [-0.25, -0.2) is 0 Å². The maximum Gasteiger partial charge on any atom is 0.0813 e. The Morgan fingerprint density at radius 1 is 1.18 bits per heavy atom. The van der Waals surface area contributed by atoms with Crippen molar-refractivity contribution in [1.29, 1.82) is 0 Å². The van der Waals surface area contributed by atoms with Gasteiger partial charge in [0.05, 0.1) is 18.2 Å². The molecule has 94 valence electrons. The second-order valence-corrected chi connectivity index (χ2v) is 5.43. The lowest BCUT2D eigenvalue weighted by molar-refractivity contribution is -0.00834. The first-order valence-corrected chi connectivity index (χ1v) is 6.57. The normalized spacial score (nSPS) is 23.4. The number of benzene rings is 1. The molecule has 2 atom stereocenters. The van der Waals surface area contributed by atoms with Crippen LogP contribution in [-0.4, -0.2) is 18.2 Å². The van der Waals surface area contributed by atoms with Gasteiger partial charge in [0, 0.05) is 12.5 Å². The summed E-state index contributed by atoms with van der Waals surface area (Å²) < 4.78 is 6.04. The zero-order valence-corrected chi connectivity index (χ0v) is 11.2.